The minimum absolute atomic E-state index is 0.0327. The molecule has 0 spiro atoms. The largest absolute Gasteiger partial charge is 0.416 e. The topological polar surface area (TPSA) is 38.3 Å². The molecule has 1 N–H and O–H groups in total. The number of ketones is 1. The van der Waals surface area contributed by atoms with Gasteiger partial charge >= 0.3 is 6.18 Å². The second-order valence-corrected chi connectivity index (χ2v) is 4.85. The Balaban J connectivity index is 2.29. The minimum Gasteiger partial charge on any atom is -0.382 e. The third kappa shape index (κ3) is 3.50. The summed E-state index contributed by atoms with van der Waals surface area (Å²) in [5.41, 5.74) is -0.222. The van der Waals surface area contributed by atoms with Crippen LogP contribution in [-0.4, -0.2) is 25.0 Å². The normalized spacial score (nSPS) is 17.0. The highest BCUT2D eigenvalue weighted by atomic mass is 19.4. The molecule has 1 aliphatic rings. The number of carbonyl (C=O) groups excluding carboxylic acids is 1. The molecule has 0 aromatic heterocycles. The molecule has 1 saturated heterocycles. The van der Waals surface area contributed by atoms with Crippen LogP contribution in [0.3, 0.4) is 0 Å². The van der Waals surface area contributed by atoms with Crippen LogP contribution in [0.4, 0.5) is 18.9 Å². The quantitative estimate of drug-likeness (QED) is 0.865. The Morgan fingerprint density at radius 2 is 1.95 bits per heavy atom. The van der Waals surface area contributed by atoms with Crippen molar-refractivity contribution in [3.05, 3.63) is 29.3 Å². The van der Waals surface area contributed by atoms with Crippen LogP contribution in [-0.2, 0) is 10.9 Å². The van der Waals surface area contributed by atoms with E-state index >= 15 is 0 Å². The van der Waals surface area contributed by atoms with Crippen LogP contribution in [0.2, 0.25) is 0 Å². The number of halogens is 3. The summed E-state index contributed by atoms with van der Waals surface area (Å²) in [5, 5.41) is 3.04. The average molecular weight is 287 g/mol. The molecular formula is C14H16F3NO2. The van der Waals surface area contributed by atoms with Crippen LogP contribution in [0.5, 0.6) is 0 Å². The lowest BCUT2D eigenvalue weighted by Gasteiger charge is -2.25. The fraction of sp³-hybridized carbons (Fsp3) is 0.500. The van der Waals surface area contributed by atoms with Crippen molar-refractivity contribution in [1.29, 1.82) is 0 Å². The van der Waals surface area contributed by atoms with Gasteiger partial charge in [0.1, 0.15) is 0 Å². The Bertz CT molecular complexity index is 494. The van der Waals surface area contributed by atoms with E-state index in [2.05, 4.69) is 5.32 Å². The molecule has 0 amide bonds. The number of nitrogens with one attached hydrogen (secondary N) is 1. The first-order valence-electron chi connectivity index (χ1n) is 6.44. The summed E-state index contributed by atoms with van der Waals surface area (Å²) >= 11 is 0. The van der Waals surface area contributed by atoms with E-state index in [0.717, 1.165) is 12.1 Å². The molecule has 110 valence electrons. The number of anilines is 1. The summed E-state index contributed by atoms with van der Waals surface area (Å²) < 4.78 is 43.4. The predicted octanol–water partition coefficient (Wildman–Crippen LogP) is 3.50. The summed E-state index contributed by atoms with van der Waals surface area (Å²) in [7, 11) is 0. The first-order valence-corrected chi connectivity index (χ1v) is 6.44. The van der Waals surface area contributed by atoms with Gasteiger partial charge < -0.3 is 10.1 Å². The number of Topliss-reactive ketones (excluding diaryl/α,β-unsaturated/α-hetero) is 1. The zero-order valence-corrected chi connectivity index (χ0v) is 11.1. The van der Waals surface area contributed by atoms with E-state index in [0.29, 0.717) is 26.1 Å². The van der Waals surface area contributed by atoms with Gasteiger partial charge in [-0.15, -0.1) is 0 Å². The summed E-state index contributed by atoms with van der Waals surface area (Å²) in [5.74, 6) is -0.256. The van der Waals surface area contributed by atoms with E-state index in [1.807, 2.05) is 0 Å². The molecule has 2 rings (SSSR count). The summed E-state index contributed by atoms with van der Waals surface area (Å²) in [6, 6.07) is 3.20. The molecule has 0 atom stereocenters. The zero-order valence-electron chi connectivity index (χ0n) is 11.1. The van der Waals surface area contributed by atoms with Gasteiger partial charge in [0.25, 0.3) is 0 Å². The Morgan fingerprint density at radius 1 is 1.30 bits per heavy atom. The van der Waals surface area contributed by atoms with Crippen molar-refractivity contribution in [2.45, 2.75) is 32.0 Å². The summed E-state index contributed by atoms with van der Waals surface area (Å²) in [6.45, 7) is 2.50. The molecule has 20 heavy (non-hydrogen) atoms. The standard InChI is InChI=1S/C14H16F3NO2/c1-9(19)12-3-2-10(14(15,16)17)8-13(12)18-11-4-6-20-7-5-11/h2-3,8,11,18H,4-7H2,1H3. The van der Waals surface area contributed by atoms with E-state index in [1.54, 1.807) is 0 Å². The third-order valence-corrected chi connectivity index (χ3v) is 3.31. The van der Waals surface area contributed by atoms with Crippen LogP contribution in [0.1, 0.15) is 35.7 Å². The van der Waals surface area contributed by atoms with Crippen LogP contribution in [0.15, 0.2) is 18.2 Å². The lowest BCUT2D eigenvalue weighted by atomic mass is 10.0. The number of hydrogen-bond donors (Lipinski definition) is 1. The lowest BCUT2D eigenvalue weighted by Crippen LogP contribution is -2.28. The fourth-order valence-corrected chi connectivity index (χ4v) is 2.21. The number of ether oxygens (including phenoxy) is 1. The van der Waals surface area contributed by atoms with E-state index in [4.69, 9.17) is 4.74 Å². The van der Waals surface area contributed by atoms with Crippen molar-refractivity contribution < 1.29 is 22.7 Å². The van der Waals surface area contributed by atoms with Crippen LogP contribution < -0.4 is 5.32 Å². The van der Waals surface area contributed by atoms with Gasteiger partial charge in [0.2, 0.25) is 0 Å². The van der Waals surface area contributed by atoms with Crippen molar-refractivity contribution in [3.63, 3.8) is 0 Å². The van der Waals surface area contributed by atoms with E-state index < -0.39 is 11.7 Å². The van der Waals surface area contributed by atoms with Crippen molar-refractivity contribution in [2.75, 3.05) is 18.5 Å². The van der Waals surface area contributed by atoms with Crippen molar-refractivity contribution in [2.24, 2.45) is 0 Å². The first kappa shape index (κ1) is 14.8. The van der Waals surface area contributed by atoms with Crippen molar-refractivity contribution in [3.8, 4) is 0 Å². The third-order valence-electron chi connectivity index (χ3n) is 3.31. The molecule has 0 radical (unpaired) electrons. The molecule has 0 unspecified atom stereocenters. The smallest absolute Gasteiger partial charge is 0.382 e. The van der Waals surface area contributed by atoms with E-state index in [9.17, 15) is 18.0 Å². The maximum absolute atomic E-state index is 12.7. The number of hydrogen-bond acceptors (Lipinski definition) is 3. The maximum Gasteiger partial charge on any atom is 0.416 e. The Morgan fingerprint density at radius 3 is 2.50 bits per heavy atom. The zero-order chi connectivity index (χ0) is 14.8. The lowest BCUT2D eigenvalue weighted by molar-refractivity contribution is -0.137. The molecule has 1 aliphatic heterocycles. The Hall–Kier alpha value is -1.56. The fourth-order valence-electron chi connectivity index (χ4n) is 2.21. The maximum atomic E-state index is 12.7. The Kier molecular flexibility index (Phi) is 4.32. The van der Waals surface area contributed by atoms with Crippen molar-refractivity contribution >= 4 is 11.5 Å². The highest BCUT2D eigenvalue weighted by molar-refractivity contribution is 5.99. The molecule has 1 aromatic carbocycles. The van der Waals surface area contributed by atoms with Gasteiger partial charge in [0, 0.05) is 30.5 Å². The first-order chi connectivity index (χ1) is 9.38. The second-order valence-electron chi connectivity index (χ2n) is 4.85. The monoisotopic (exact) mass is 287 g/mol. The van der Waals surface area contributed by atoms with Crippen LogP contribution in [0.25, 0.3) is 0 Å². The van der Waals surface area contributed by atoms with Crippen LogP contribution >= 0.6 is 0 Å². The number of alkyl halides is 3. The molecule has 0 bridgehead atoms. The van der Waals surface area contributed by atoms with Gasteiger partial charge in [-0.2, -0.15) is 13.2 Å². The van der Waals surface area contributed by atoms with Gasteiger partial charge in [-0.3, -0.25) is 4.79 Å². The molecule has 0 aliphatic carbocycles. The second kappa shape index (κ2) is 5.83. The summed E-state index contributed by atoms with van der Waals surface area (Å²) in [4.78, 5) is 11.5. The predicted molar refractivity (Wildman–Crippen MR) is 68.9 cm³/mol. The number of carbonyl (C=O) groups is 1. The molecule has 1 aromatic rings. The molecule has 1 fully saturated rings. The van der Waals surface area contributed by atoms with Gasteiger partial charge in [-0.25, -0.2) is 0 Å². The van der Waals surface area contributed by atoms with Crippen molar-refractivity contribution in [1.82, 2.24) is 0 Å². The van der Waals surface area contributed by atoms with Crippen LogP contribution in [0, 0.1) is 0 Å². The number of benzene rings is 1. The van der Waals surface area contributed by atoms with E-state index in [1.165, 1.54) is 13.0 Å². The van der Waals surface area contributed by atoms with E-state index in [-0.39, 0.29) is 23.1 Å². The highest BCUT2D eigenvalue weighted by Crippen LogP contribution is 2.33. The average Bonchev–Trinajstić information content (AvgIpc) is 2.38. The molecule has 0 saturated carbocycles. The molecular weight excluding hydrogens is 271 g/mol. The minimum atomic E-state index is -4.42. The van der Waals surface area contributed by atoms with Gasteiger partial charge in [0.05, 0.1) is 5.56 Å². The Labute approximate surface area is 115 Å². The number of rotatable bonds is 3. The SMILES string of the molecule is CC(=O)c1ccc(C(F)(F)F)cc1NC1CCOCC1. The van der Waals surface area contributed by atoms with Gasteiger partial charge in [-0.1, -0.05) is 0 Å². The summed E-state index contributed by atoms with van der Waals surface area (Å²) in [6.07, 6.45) is -2.98. The molecule has 1 heterocycles. The molecule has 3 nitrogen and oxygen atoms in total. The highest BCUT2D eigenvalue weighted by Gasteiger charge is 2.31. The van der Waals surface area contributed by atoms with Gasteiger partial charge in [-0.05, 0) is 38.0 Å². The molecule has 6 heteroatoms. The van der Waals surface area contributed by atoms with Gasteiger partial charge in [0.15, 0.2) is 5.78 Å².